The van der Waals surface area contributed by atoms with Crippen molar-refractivity contribution < 1.29 is 44.3 Å². The van der Waals surface area contributed by atoms with Gasteiger partial charge >= 0.3 is 11.9 Å². The molecule has 0 radical (unpaired) electrons. The predicted octanol–water partition coefficient (Wildman–Crippen LogP) is 1.39. The Balaban J connectivity index is 2.19. The molecule has 0 unspecified atom stereocenters. The highest BCUT2D eigenvalue weighted by Crippen LogP contribution is 2.14. The van der Waals surface area contributed by atoms with E-state index < -0.39 is 57.6 Å². The van der Waals surface area contributed by atoms with Crippen LogP contribution < -0.4 is 0 Å². The van der Waals surface area contributed by atoms with Gasteiger partial charge in [0.1, 0.15) is 25.4 Å². The van der Waals surface area contributed by atoms with Crippen molar-refractivity contribution in [2.45, 2.75) is 12.2 Å². The van der Waals surface area contributed by atoms with Crippen LogP contribution in [0.2, 0.25) is 0 Å². The van der Waals surface area contributed by atoms with Crippen molar-refractivity contribution in [1.29, 1.82) is 0 Å². The summed E-state index contributed by atoms with van der Waals surface area (Å²) in [6.07, 6.45) is -1.77. The Hall–Kier alpha value is -2.80. The van der Waals surface area contributed by atoms with Gasteiger partial charge in [-0.2, -0.15) is 16.8 Å². The predicted molar refractivity (Wildman–Crippen MR) is 113 cm³/mol. The Labute approximate surface area is 186 Å². The van der Waals surface area contributed by atoms with Crippen LogP contribution in [0.15, 0.2) is 60.7 Å². The number of rotatable bonds is 11. The van der Waals surface area contributed by atoms with Crippen LogP contribution in [-0.4, -0.2) is 66.7 Å². The molecule has 0 saturated heterocycles. The van der Waals surface area contributed by atoms with Gasteiger partial charge in [-0.15, -0.1) is 0 Å². The van der Waals surface area contributed by atoms with Crippen molar-refractivity contribution in [2.75, 3.05) is 25.7 Å². The van der Waals surface area contributed by atoms with Crippen LogP contribution in [0.5, 0.6) is 0 Å². The number of ether oxygens (including phenoxy) is 2. The smallest absolute Gasteiger partial charge is 0.338 e. The van der Waals surface area contributed by atoms with Crippen LogP contribution in [0, 0.1) is 0 Å². The van der Waals surface area contributed by atoms with E-state index in [2.05, 4.69) is 0 Å². The molecule has 174 valence electrons. The molecule has 2 aromatic carbocycles. The zero-order valence-corrected chi connectivity index (χ0v) is 18.9. The lowest BCUT2D eigenvalue weighted by Gasteiger charge is -2.25. The highest BCUT2D eigenvalue weighted by molar-refractivity contribution is 7.86. The highest BCUT2D eigenvalue weighted by Gasteiger charge is 2.33. The first-order valence-electron chi connectivity index (χ1n) is 9.15. The Morgan fingerprint density at radius 2 is 0.969 bits per heavy atom. The van der Waals surface area contributed by atoms with Crippen molar-refractivity contribution >= 4 is 32.2 Å². The van der Waals surface area contributed by atoms with Gasteiger partial charge in [-0.1, -0.05) is 36.4 Å². The van der Waals surface area contributed by atoms with Crippen LogP contribution in [0.25, 0.3) is 0 Å². The first-order chi connectivity index (χ1) is 14.9. The standard InChI is InChI=1S/C20H22O10S2/c1-31(23,24)29-17(13-27-19(21)15-9-5-3-6-10-15)18(30-32(2,25)26)14-28-20(22)16-11-7-4-8-12-16/h3-12,17-18H,13-14H2,1-2H3/t17-,18-/m0/s1. The Morgan fingerprint density at radius 3 is 1.25 bits per heavy atom. The van der Waals surface area contributed by atoms with Gasteiger partial charge in [-0.05, 0) is 24.3 Å². The van der Waals surface area contributed by atoms with Crippen molar-refractivity contribution in [3.63, 3.8) is 0 Å². The lowest BCUT2D eigenvalue weighted by Crippen LogP contribution is -2.42. The molecule has 0 amide bonds. The number of esters is 2. The number of hydrogen-bond donors (Lipinski definition) is 0. The molecular formula is C20H22O10S2. The van der Waals surface area contributed by atoms with Gasteiger partial charge in [0.2, 0.25) is 0 Å². The van der Waals surface area contributed by atoms with E-state index in [1.165, 1.54) is 24.3 Å². The first kappa shape index (κ1) is 25.5. The van der Waals surface area contributed by atoms with Crippen molar-refractivity contribution in [1.82, 2.24) is 0 Å². The van der Waals surface area contributed by atoms with E-state index in [1.54, 1.807) is 36.4 Å². The molecule has 0 spiro atoms. The Morgan fingerprint density at radius 1 is 0.656 bits per heavy atom. The number of benzene rings is 2. The maximum absolute atomic E-state index is 12.2. The lowest BCUT2D eigenvalue weighted by molar-refractivity contribution is -0.0274. The van der Waals surface area contributed by atoms with Gasteiger partial charge in [-0.3, -0.25) is 8.37 Å². The lowest BCUT2D eigenvalue weighted by atomic mass is 10.2. The van der Waals surface area contributed by atoms with Crippen LogP contribution in [0.1, 0.15) is 20.7 Å². The largest absolute Gasteiger partial charge is 0.459 e. The third kappa shape index (κ3) is 9.14. The fourth-order valence-corrected chi connectivity index (χ4v) is 3.73. The average Bonchev–Trinajstić information content (AvgIpc) is 2.73. The molecule has 0 fully saturated rings. The van der Waals surface area contributed by atoms with E-state index >= 15 is 0 Å². The molecular weight excluding hydrogens is 464 g/mol. The van der Waals surface area contributed by atoms with Gasteiger partial charge in [-0.25, -0.2) is 9.59 Å². The minimum atomic E-state index is -4.13. The molecule has 0 saturated carbocycles. The monoisotopic (exact) mass is 486 g/mol. The van der Waals surface area contributed by atoms with Crippen molar-refractivity contribution in [2.24, 2.45) is 0 Å². The number of carbonyl (C=O) groups excluding carboxylic acids is 2. The average molecular weight is 487 g/mol. The van der Waals surface area contributed by atoms with E-state index in [-0.39, 0.29) is 11.1 Å². The van der Waals surface area contributed by atoms with Gasteiger partial charge in [0.25, 0.3) is 20.2 Å². The minimum Gasteiger partial charge on any atom is -0.459 e. The summed E-state index contributed by atoms with van der Waals surface area (Å²) in [7, 11) is -8.27. The van der Waals surface area contributed by atoms with E-state index in [9.17, 15) is 26.4 Å². The van der Waals surface area contributed by atoms with Gasteiger partial charge < -0.3 is 9.47 Å². The molecule has 2 rings (SSSR count). The SMILES string of the molecule is CS(=O)(=O)O[C@@H](COC(=O)c1ccccc1)[C@H](COC(=O)c1ccccc1)OS(C)(=O)=O. The van der Waals surface area contributed by atoms with E-state index in [0.717, 1.165) is 12.5 Å². The van der Waals surface area contributed by atoms with Crippen LogP contribution >= 0.6 is 0 Å². The molecule has 0 aromatic heterocycles. The van der Waals surface area contributed by atoms with E-state index in [4.69, 9.17) is 17.8 Å². The van der Waals surface area contributed by atoms with E-state index in [1.807, 2.05) is 0 Å². The van der Waals surface area contributed by atoms with Crippen LogP contribution in [-0.2, 0) is 38.1 Å². The summed E-state index contributed by atoms with van der Waals surface area (Å²) in [5.41, 5.74) is 0.364. The zero-order chi connectivity index (χ0) is 23.8. The third-order valence-electron chi connectivity index (χ3n) is 3.79. The van der Waals surface area contributed by atoms with Crippen LogP contribution in [0.3, 0.4) is 0 Å². The third-order valence-corrected chi connectivity index (χ3v) is 4.98. The van der Waals surface area contributed by atoms with Crippen molar-refractivity contribution in [3.8, 4) is 0 Å². The molecule has 10 nitrogen and oxygen atoms in total. The molecule has 0 aliphatic heterocycles. The zero-order valence-electron chi connectivity index (χ0n) is 17.2. The maximum Gasteiger partial charge on any atom is 0.338 e. The molecule has 0 heterocycles. The summed E-state index contributed by atoms with van der Waals surface area (Å²) >= 11 is 0. The van der Waals surface area contributed by atoms with Gasteiger partial charge in [0, 0.05) is 0 Å². The molecule has 2 aromatic rings. The molecule has 0 aliphatic carbocycles. The number of hydrogen-bond acceptors (Lipinski definition) is 10. The fourth-order valence-electron chi connectivity index (χ4n) is 2.47. The quantitative estimate of drug-likeness (QED) is 0.338. The fraction of sp³-hybridized carbons (Fsp3) is 0.300. The summed E-state index contributed by atoms with van der Waals surface area (Å²) in [5.74, 6) is -1.60. The second-order valence-electron chi connectivity index (χ2n) is 6.61. The highest BCUT2D eigenvalue weighted by atomic mass is 32.2. The van der Waals surface area contributed by atoms with Gasteiger partial charge in [0.15, 0.2) is 0 Å². The van der Waals surface area contributed by atoms with Crippen molar-refractivity contribution in [3.05, 3.63) is 71.8 Å². The summed E-state index contributed by atoms with van der Waals surface area (Å²) < 4.78 is 66.8. The molecule has 0 aliphatic rings. The number of carbonyl (C=O) groups is 2. The topological polar surface area (TPSA) is 139 Å². The molecule has 12 heteroatoms. The van der Waals surface area contributed by atoms with E-state index in [0.29, 0.717) is 0 Å². The normalized spacial score (nSPS) is 13.7. The summed E-state index contributed by atoms with van der Waals surface area (Å²) in [5, 5.41) is 0. The molecule has 32 heavy (non-hydrogen) atoms. The molecule has 0 bridgehead atoms. The summed E-state index contributed by atoms with van der Waals surface area (Å²) in [6.45, 7) is -1.38. The molecule has 0 N–H and O–H groups in total. The summed E-state index contributed by atoms with van der Waals surface area (Å²) in [4.78, 5) is 24.4. The summed E-state index contributed by atoms with van der Waals surface area (Å²) in [6, 6.07) is 15.6. The second-order valence-corrected chi connectivity index (χ2v) is 9.81. The maximum atomic E-state index is 12.2. The van der Waals surface area contributed by atoms with Crippen LogP contribution in [0.4, 0.5) is 0 Å². The second kappa shape index (κ2) is 11.2. The minimum absolute atomic E-state index is 0.182. The Bertz CT molecular complexity index is 1020. The van der Waals surface area contributed by atoms with Gasteiger partial charge in [0.05, 0.1) is 23.6 Å². The molecule has 2 atom stereocenters. The first-order valence-corrected chi connectivity index (χ1v) is 12.8. The Kier molecular flexibility index (Phi) is 8.89.